The number of amides is 1. The minimum atomic E-state index is -0.301. The number of aliphatic imine (C=N–C) groups is 1. The molecule has 0 bridgehead atoms. The number of carbonyl (C=O) groups is 1. The number of aromatic hydroxyl groups is 1. The van der Waals surface area contributed by atoms with Crippen molar-refractivity contribution < 1.29 is 14.6 Å². The second-order valence-corrected chi connectivity index (χ2v) is 9.20. The second kappa shape index (κ2) is 9.37. The van der Waals surface area contributed by atoms with Crippen molar-refractivity contribution in [1.82, 2.24) is 5.01 Å². The van der Waals surface area contributed by atoms with Gasteiger partial charge >= 0.3 is 5.24 Å². The fourth-order valence-electron chi connectivity index (χ4n) is 3.95. The lowest BCUT2D eigenvalue weighted by atomic mass is 9.98. The van der Waals surface area contributed by atoms with E-state index in [1.165, 1.54) is 7.11 Å². The summed E-state index contributed by atoms with van der Waals surface area (Å²) in [6.45, 7) is 0. The number of benzene rings is 3. The van der Waals surface area contributed by atoms with Gasteiger partial charge in [0.1, 0.15) is 0 Å². The number of amidine groups is 1. The highest BCUT2D eigenvalue weighted by molar-refractivity contribution is 8.18. The standard InChI is InChI=1S/C26H20ClN3O3S/c1-33-23-13-16(7-12-22(23)31)14-24-25(28-26(32)34-24)30-21(18-8-10-19(27)11-9-18)15-20(29-30)17-5-3-2-4-6-17/h2-14,21,31H,15H2,1H3/b24-14-. The van der Waals surface area contributed by atoms with Crippen molar-refractivity contribution in [2.75, 3.05) is 7.11 Å². The fourth-order valence-corrected chi connectivity index (χ4v) is 4.82. The first kappa shape index (κ1) is 22.3. The third-order valence-electron chi connectivity index (χ3n) is 5.61. The number of ether oxygens (including phenoxy) is 1. The minimum Gasteiger partial charge on any atom is -0.504 e. The monoisotopic (exact) mass is 489 g/mol. The zero-order chi connectivity index (χ0) is 23.7. The van der Waals surface area contributed by atoms with Crippen LogP contribution < -0.4 is 4.74 Å². The van der Waals surface area contributed by atoms with E-state index in [1.807, 2.05) is 65.7 Å². The van der Waals surface area contributed by atoms with Crippen molar-refractivity contribution in [2.24, 2.45) is 10.1 Å². The normalized spacial score (nSPS) is 18.9. The molecule has 3 aromatic carbocycles. The summed E-state index contributed by atoms with van der Waals surface area (Å²) >= 11 is 7.18. The first-order valence-electron chi connectivity index (χ1n) is 10.6. The van der Waals surface area contributed by atoms with E-state index in [4.69, 9.17) is 21.4 Å². The van der Waals surface area contributed by atoms with E-state index in [0.717, 1.165) is 34.2 Å². The van der Waals surface area contributed by atoms with E-state index < -0.39 is 0 Å². The van der Waals surface area contributed by atoms with Crippen LogP contribution >= 0.6 is 23.4 Å². The number of phenolic OH excluding ortho intramolecular Hbond substituents is 1. The van der Waals surface area contributed by atoms with Crippen LogP contribution in [0.1, 0.15) is 29.2 Å². The van der Waals surface area contributed by atoms with Gasteiger partial charge in [-0.25, -0.2) is 5.01 Å². The van der Waals surface area contributed by atoms with Crippen molar-refractivity contribution >= 4 is 46.2 Å². The lowest BCUT2D eigenvalue weighted by Gasteiger charge is -2.24. The van der Waals surface area contributed by atoms with Crippen molar-refractivity contribution in [2.45, 2.75) is 12.5 Å². The summed E-state index contributed by atoms with van der Waals surface area (Å²) in [5.41, 5.74) is 3.74. The molecular formula is C26H20ClN3O3S. The molecule has 1 unspecified atom stereocenters. The van der Waals surface area contributed by atoms with Crippen molar-refractivity contribution in [3.05, 3.63) is 99.4 Å². The van der Waals surface area contributed by atoms with Gasteiger partial charge in [-0.05, 0) is 58.8 Å². The maximum atomic E-state index is 12.4. The van der Waals surface area contributed by atoms with Gasteiger partial charge in [0.2, 0.25) is 0 Å². The second-order valence-electron chi connectivity index (χ2n) is 7.77. The van der Waals surface area contributed by atoms with Gasteiger partial charge in [0.05, 0.1) is 23.8 Å². The van der Waals surface area contributed by atoms with Crippen LogP contribution in [0.3, 0.4) is 0 Å². The van der Waals surface area contributed by atoms with E-state index in [2.05, 4.69) is 4.99 Å². The number of nitrogens with zero attached hydrogens (tertiary/aromatic N) is 3. The molecule has 0 saturated carbocycles. The number of carbonyl (C=O) groups excluding carboxylic acids is 1. The molecule has 0 aliphatic carbocycles. The predicted molar refractivity (Wildman–Crippen MR) is 137 cm³/mol. The fraction of sp³-hybridized carbons (Fsp3) is 0.115. The summed E-state index contributed by atoms with van der Waals surface area (Å²) in [7, 11) is 1.49. The number of halogens is 1. The Labute approximate surface area is 206 Å². The molecule has 5 rings (SSSR count). The molecule has 2 heterocycles. The number of hydrazone groups is 1. The Morgan fingerprint density at radius 3 is 2.62 bits per heavy atom. The van der Waals surface area contributed by atoms with Gasteiger partial charge in [-0.15, -0.1) is 0 Å². The first-order chi connectivity index (χ1) is 16.5. The van der Waals surface area contributed by atoms with Crippen LogP contribution in [0.2, 0.25) is 5.02 Å². The molecule has 0 aromatic heterocycles. The molecule has 1 amide bonds. The van der Waals surface area contributed by atoms with Crippen molar-refractivity contribution in [3.63, 3.8) is 0 Å². The predicted octanol–water partition coefficient (Wildman–Crippen LogP) is 6.51. The highest BCUT2D eigenvalue weighted by atomic mass is 35.5. The Kier molecular flexibility index (Phi) is 6.13. The number of methoxy groups -OCH3 is 1. The zero-order valence-corrected chi connectivity index (χ0v) is 19.8. The zero-order valence-electron chi connectivity index (χ0n) is 18.2. The summed E-state index contributed by atoms with van der Waals surface area (Å²) < 4.78 is 5.22. The number of hydrogen-bond acceptors (Lipinski definition) is 6. The Bertz CT molecular complexity index is 1340. The summed E-state index contributed by atoms with van der Waals surface area (Å²) in [4.78, 5) is 17.4. The minimum absolute atomic E-state index is 0.0492. The Hall–Kier alpha value is -3.55. The topological polar surface area (TPSA) is 74.5 Å². The number of hydrogen-bond donors (Lipinski definition) is 1. The smallest absolute Gasteiger partial charge is 0.311 e. The van der Waals surface area contributed by atoms with Gasteiger partial charge in [-0.3, -0.25) is 4.79 Å². The summed E-state index contributed by atoms with van der Waals surface area (Å²) in [6, 6.07) is 22.5. The SMILES string of the molecule is COc1cc(/C=C2\SC(=O)N=C2N2N=C(c3ccccc3)CC2c2ccc(Cl)cc2)ccc1O. The molecule has 1 atom stereocenters. The molecule has 34 heavy (non-hydrogen) atoms. The highest BCUT2D eigenvalue weighted by Gasteiger charge is 2.36. The Morgan fingerprint density at radius 1 is 1.12 bits per heavy atom. The van der Waals surface area contributed by atoms with E-state index in [0.29, 0.717) is 27.9 Å². The lowest BCUT2D eigenvalue weighted by molar-refractivity contribution is 0.267. The number of phenols is 1. The van der Waals surface area contributed by atoms with E-state index in [1.54, 1.807) is 18.2 Å². The van der Waals surface area contributed by atoms with Crippen LogP contribution in [-0.4, -0.2) is 34.0 Å². The van der Waals surface area contributed by atoms with Gasteiger partial charge in [-0.2, -0.15) is 10.1 Å². The molecule has 2 aliphatic rings. The van der Waals surface area contributed by atoms with Crippen LogP contribution in [0.25, 0.3) is 6.08 Å². The largest absolute Gasteiger partial charge is 0.504 e. The van der Waals surface area contributed by atoms with Gasteiger partial charge < -0.3 is 9.84 Å². The van der Waals surface area contributed by atoms with Crippen LogP contribution in [0.15, 0.2) is 87.8 Å². The average molecular weight is 490 g/mol. The molecule has 8 heteroatoms. The van der Waals surface area contributed by atoms with Gasteiger partial charge in [0.15, 0.2) is 17.3 Å². The maximum Gasteiger partial charge on any atom is 0.311 e. The maximum absolute atomic E-state index is 12.4. The molecule has 2 aliphatic heterocycles. The number of thioether (sulfide) groups is 1. The molecule has 0 saturated heterocycles. The molecule has 0 fully saturated rings. The summed E-state index contributed by atoms with van der Waals surface area (Å²) in [6.07, 6.45) is 2.51. The number of rotatable bonds is 4. The average Bonchev–Trinajstić information content (AvgIpc) is 3.45. The molecule has 0 spiro atoms. The van der Waals surface area contributed by atoms with Gasteiger partial charge in [0.25, 0.3) is 0 Å². The van der Waals surface area contributed by atoms with E-state index >= 15 is 0 Å². The Morgan fingerprint density at radius 2 is 1.88 bits per heavy atom. The van der Waals surface area contributed by atoms with Crippen LogP contribution in [0, 0.1) is 0 Å². The summed E-state index contributed by atoms with van der Waals surface area (Å²) in [5, 5.41) is 17.0. The molecule has 1 N–H and O–H groups in total. The highest BCUT2D eigenvalue weighted by Crippen LogP contribution is 2.40. The lowest BCUT2D eigenvalue weighted by Crippen LogP contribution is -2.26. The third-order valence-corrected chi connectivity index (χ3v) is 6.64. The molecule has 6 nitrogen and oxygen atoms in total. The van der Waals surface area contributed by atoms with Gasteiger partial charge in [-0.1, -0.05) is 60.1 Å². The van der Waals surface area contributed by atoms with Gasteiger partial charge in [0, 0.05) is 11.4 Å². The first-order valence-corrected chi connectivity index (χ1v) is 11.8. The summed E-state index contributed by atoms with van der Waals surface area (Å²) in [5.74, 6) is 0.896. The van der Waals surface area contributed by atoms with Crippen LogP contribution in [0.5, 0.6) is 11.5 Å². The van der Waals surface area contributed by atoms with Crippen molar-refractivity contribution in [1.29, 1.82) is 0 Å². The van der Waals surface area contributed by atoms with Crippen LogP contribution in [-0.2, 0) is 0 Å². The molecule has 0 radical (unpaired) electrons. The quantitative estimate of drug-likeness (QED) is 0.452. The third kappa shape index (κ3) is 4.44. The molecule has 170 valence electrons. The van der Waals surface area contributed by atoms with E-state index in [9.17, 15) is 9.90 Å². The molecular weight excluding hydrogens is 470 g/mol. The van der Waals surface area contributed by atoms with Crippen LogP contribution in [0.4, 0.5) is 4.79 Å². The van der Waals surface area contributed by atoms with Crippen molar-refractivity contribution in [3.8, 4) is 11.5 Å². The van der Waals surface area contributed by atoms with E-state index in [-0.39, 0.29) is 17.0 Å². The molecule has 3 aromatic rings. The Balaban J connectivity index is 1.56.